The van der Waals surface area contributed by atoms with Crippen LogP contribution in [-0.2, 0) is 4.79 Å². The SMILES string of the molecule is CCC(O)c1ccccc1OC(C)C(=O)NC(C)(C)C. The lowest BCUT2D eigenvalue weighted by molar-refractivity contribution is -0.128. The van der Waals surface area contributed by atoms with Gasteiger partial charge in [-0.3, -0.25) is 4.79 Å². The highest BCUT2D eigenvalue weighted by Crippen LogP contribution is 2.27. The van der Waals surface area contributed by atoms with Gasteiger partial charge in [0.25, 0.3) is 5.91 Å². The van der Waals surface area contributed by atoms with Crippen LogP contribution in [0.4, 0.5) is 0 Å². The molecule has 0 bridgehead atoms. The highest BCUT2D eigenvalue weighted by molar-refractivity contribution is 5.81. The van der Waals surface area contributed by atoms with Crippen molar-refractivity contribution in [3.05, 3.63) is 29.8 Å². The van der Waals surface area contributed by atoms with Crippen molar-refractivity contribution < 1.29 is 14.6 Å². The molecule has 1 amide bonds. The zero-order chi connectivity index (χ0) is 15.3. The molecular weight excluding hydrogens is 254 g/mol. The van der Waals surface area contributed by atoms with Gasteiger partial charge in [0.05, 0.1) is 6.10 Å². The van der Waals surface area contributed by atoms with Crippen LogP contribution in [0.25, 0.3) is 0 Å². The van der Waals surface area contributed by atoms with Gasteiger partial charge in [-0.25, -0.2) is 0 Å². The second kappa shape index (κ2) is 6.75. The number of nitrogens with one attached hydrogen (secondary N) is 1. The van der Waals surface area contributed by atoms with Gasteiger partial charge in [-0.2, -0.15) is 0 Å². The molecule has 0 saturated heterocycles. The number of para-hydroxylation sites is 1. The monoisotopic (exact) mass is 279 g/mol. The van der Waals surface area contributed by atoms with Crippen LogP contribution in [0.15, 0.2) is 24.3 Å². The first-order valence-electron chi connectivity index (χ1n) is 7.00. The van der Waals surface area contributed by atoms with Gasteiger partial charge in [0, 0.05) is 11.1 Å². The molecule has 2 unspecified atom stereocenters. The number of benzene rings is 1. The number of hydrogen-bond acceptors (Lipinski definition) is 3. The summed E-state index contributed by atoms with van der Waals surface area (Å²) in [5, 5.41) is 12.8. The zero-order valence-electron chi connectivity index (χ0n) is 12.9. The van der Waals surface area contributed by atoms with Crippen LogP contribution in [0.1, 0.15) is 52.7 Å². The van der Waals surface area contributed by atoms with E-state index in [1.54, 1.807) is 13.0 Å². The number of amides is 1. The molecule has 0 aliphatic rings. The third-order valence-corrected chi connectivity index (χ3v) is 2.84. The van der Waals surface area contributed by atoms with Gasteiger partial charge in [-0.05, 0) is 40.2 Å². The molecule has 1 aromatic rings. The first kappa shape index (κ1) is 16.5. The summed E-state index contributed by atoms with van der Waals surface area (Å²) in [4.78, 5) is 12.0. The molecule has 0 heterocycles. The van der Waals surface area contributed by atoms with Gasteiger partial charge < -0.3 is 15.2 Å². The molecule has 4 heteroatoms. The highest BCUT2D eigenvalue weighted by Gasteiger charge is 2.22. The Balaban J connectivity index is 2.80. The maximum Gasteiger partial charge on any atom is 0.261 e. The standard InChI is InChI=1S/C16H25NO3/c1-6-13(18)12-9-7-8-10-14(12)20-11(2)15(19)17-16(3,4)5/h7-11,13,18H,6H2,1-5H3,(H,17,19). The summed E-state index contributed by atoms with van der Waals surface area (Å²) < 4.78 is 5.70. The lowest BCUT2D eigenvalue weighted by Crippen LogP contribution is -2.46. The van der Waals surface area contributed by atoms with E-state index in [2.05, 4.69) is 5.32 Å². The van der Waals surface area contributed by atoms with E-state index in [-0.39, 0.29) is 11.4 Å². The lowest BCUT2D eigenvalue weighted by Gasteiger charge is -2.24. The van der Waals surface area contributed by atoms with Crippen molar-refractivity contribution in [3.63, 3.8) is 0 Å². The maximum atomic E-state index is 12.0. The summed E-state index contributed by atoms with van der Waals surface area (Å²) in [6.07, 6.45) is -0.591. The molecule has 2 N–H and O–H groups in total. The van der Waals surface area contributed by atoms with Crippen molar-refractivity contribution in [2.24, 2.45) is 0 Å². The fourth-order valence-electron chi connectivity index (χ4n) is 1.80. The van der Waals surface area contributed by atoms with E-state index in [0.29, 0.717) is 17.7 Å². The van der Waals surface area contributed by atoms with Crippen LogP contribution in [0.2, 0.25) is 0 Å². The predicted molar refractivity (Wildman–Crippen MR) is 79.7 cm³/mol. The van der Waals surface area contributed by atoms with Crippen molar-refractivity contribution in [2.45, 2.75) is 58.8 Å². The van der Waals surface area contributed by atoms with E-state index in [0.717, 1.165) is 0 Å². The molecule has 0 spiro atoms. The molecule has 0 fully saturated rings. The third-order valence-electron chi connectivity index (χ3n) is 2.84. The average Bonchev–Trinajstić information content (AvgIpc) is 2.36. The van der Waals surface area contributed by atoms with Crippen LogP contribution in [0, 0.1) is 0 Å². The number of aliphatic hydroxyl groups excluding tert-OH is 1. The summed E-state index contributed by atoms with van der Waals surface area (Å²) in [6, 6.07) is 7.27. The minimum atomic E-state index is -0.612. The predicted octanol–water partition coefficient (Wildman–Crippen LogP) is 2.81. The molecule has 4 nitrogen and oxygen atoms in total. The van der Waals surface area contributed by atoms with Crippen molar-refractivity contribution in [1.29, 1.82) is 0 Å². The van der Waals surface area contributed by atoms with E-state index in [1.165, 1.54) is 0 Å². The Hall–Kier alpha value is -1.55. The van der Waals surface area contributed by atoms with Crippen LogP contribution >= 0.6 is 0 Å². The van der Waals surface area contributed by atoms with Gasteiger partial charge in [0.15, 0.2) is 6.10 Å². The fourth-order valence-corrected chi connectivity index (χ4v) is 1.80. The second-order valence-corrected chi connectivity index (χ2v) is 5.96. The van der Waals surface area contributed by atoms with Crippen LogP contribution in [-0.4, -0.2) is 22.7 Å². The number of rotatable bonds is 5. The number of ether oxygens (including phenoxy) is 1. The number of aliphatic hydroxyl groups is 1. The third kappa shape index (κ3) is 4.85. The van der Waals surface area contributed by atoms with Gasteiger partial charge >= 0.3 is 0 Å². The Morgan fingerprint density at radius 1 is 1.35 bits per heavy atom. The van der Waals surface area contributed by atoms with Crippen molar-refractivity contribution in [3.8, 4) is 5.75 Å². The molecular formula is C16H25NO3. The van der Waals surface area contributed by atoms with Gasteiger partial charge in [-0.15, -0.1) is 0 Å². The summed E-state index contributed by atoms with van der Waals surface area (Å²) in [5.41, 5.74) is 0.419. The first-order valence-corrected chi connectivity index (χ1v) is 7.00. The quantitative estimate of drug-likeness (QED) is 0.871. The summed E-state index contributed by atoms with van der Waals surface area (Å²) in [6.45, 7) is 9.37. The average molecular weight is 279 g/mol. The van der Waals surface area contributed by atoms with Crippen LogP contribution < -0.4 is 10.1 Å². The van der Waals surface area contributed by atoms with E-state index in [4.69, 9.17) is 4.74 Å². The maximum absolute atomic E-state index is 12.0. The molecule has 1 rings (SSSR count). The lowest BCUT2D eigenvalue weighted by atomic mass is 10.1. The van der Waals surface area contributed by atoms with Crippen LogP contribution in [0.5, 0.6) is 5.75 Å². The van der Waals surface area contributed by atoms with Crippen LogP contribution in [0.3, 0.4) is 0 Å². The number of carbonyl (C=O) groups excluding carboxylic acids is 1. The number of hydrogen-bond donors (Lipinski definition) is 2. The molecule has 1 aromatic carbocycles. The Labute approximate surface area is 121 Å². The Kier molecular flexibility index (Phi) is 5.57. The van der Waals surface area contributed by atoms with E-state index >= 15 is 0 Å². The highest BCUT2D eigenvalue weighted by atomic mass is 16.5. The first-order chi connectivity index (χ1) is 9.24. The molecule has 0 aromatic heterocycles. The fraction of sp³-hybridized carbons (Fsp3) is 0.562. The molecule has 0 aliphatic heterocycles. The normalized spacial score (nSPS) is 14.5. The zero-order valence-corrected chi connectivity index (χ0v) is 12.9. The van der Waals surface area contributed by atoms with Crippen molar-refractivity contribution in [2.75, 3.05) is 0 Å². The van der Waals surface area contributed by atoms with Gasteiger partial charge in [0.1, 0.15) is 5.75 Å². The second-order valence-electron chi connectivity index (χ2n) is 5.96. The smallest absolute Gasteiger partial charge is 0.261 e. The Morgan fingerprint density at radius 2 is 1.95 bits per heavy atom. The Bertz CT molecular complexity index is 451. The summed E-state index contributed by atoms with van der Waals surface area (Å²) >= 11 is 0. The molecule has 112 valence electrons. The topological polar surface area (TPSA) is 58.6 Å². The van der Waals surface area contributed by atoms with Gasteiger partial charge in [-0.1, -0.05) is 25.1 Å². The minimum Gasteiger partial charge on any atom is -0.481 e. The molecule has 0 saturated carbocycles. The summed E-state index contributed by atoms with van der Waals surface area (Å²) in [5.74, 6) is 0.386. The molecule has 0 aliphatic carbocycles. The van der Waals surface area contributed by atoms with E-state index in [1.807, 2.05) is 45.9 Å². The number of carbonyl (C=O) groups is 1. The minimum absolute atomic E-state index is 0.168. The van der Waals surface area contributed by atoms with Crippen molar-refractivity contribution >= 4 is 5.91 Å². The largest absolute Gasteiger partial charge is 0.481 e. The van der Waals surface area contributed by atoms with Crippen molar-refractivity contribution in [1.82, 2.24) is 5.32 Å². The molecule has 20 heavy (non-hydrogen) atoms. The summed E-state index contributed by atoms with van der Waals surface area (Å²) in [7, 11) is 0. The molecule has 0 radical (unpaired) electrons. The Morgan fingerprint density at radius 3 is 2.50 bits per heavy atom. The van der Waals surface area contributed by atoms with Gasteiger partial charge in [0.2, 0.25) is 0 Å². The van der Waals surface area contributed by atoms with E-state index in [9.17, 15) is 9.90 Å². The van der Waals surface area contributed by atoms with E-state index < -0.39 is 12.2 Å². The molecule has 2 atom stereocenters.